The summed E-state index contributed by atoms with van der Waals surface area (Å²) in [5.41, 5.74) is 1.58. The van der Waals surface area contributed by atoms with Crippen molar-refractivity contribution in [2.75, 3.05) is 20.2 Å². The van der Waals surface area contributed by atoms with Gasteiger partial charge >= 0.3 is 0 Å². The van der Waals surface area contributed by atoms with Gasteiger partial charge in [-0.3, -0.25) is 4.79 Å². The Kier molecular flexibility index (Phi) is 4.43. The standard InChI is InChI=1S/C17H19FN2O3/c1-11-15(17(21)20-9-7-14(22-2)8-10-20)16(19-23-11)12-3-5-13(18)6-4-12/h3-6,14H,7-10H2,1-2H3. The van der Waals surface area contributed by atoms with Gasteiger partial charge in [0.1, 0.15) is 22.8 Å². The number of amides is 1. The van der Waals surface area contributed by atoms with Crippen molar-refractivity contribution in [1.29, 1.82) is 0 Å². The number of halogens is 1. The minimum Gasteiger partial charge on any atom is -0.381 e. The Balaban J connectivity index is 1.86. The van der Waals surface area contributed by atoms with Gasteiger partial charge in [0.25, 0.3) is 5.91 Å². The number of aryl methyl sites for hydroxylation is 1. The fourth-order valence-corrected chi connectivity index (χ4v) is 2.88. The van der Waals surface area contributed by atoms with E-state index >= 15 is 0 Å². The monoisotopic (exact) mass is 318 g/mol. The van der Waals surface area contributed by atoms with Crippen LogP contribution in [0.1, 0.15) is 29.0 Å². The first-order valence-corrected chi connectivity index (χ1v) is 7.64. The molecule has 1 aromatic heterocycles. The van der Waals surface area contributed by atoms with Gasteiger partial charge in [0.15, 0.2) is 0 Å². The molecule has 0 saturated carbocycles. The van der Waals surface area contributed by atoms with Crippen LogP contribution in [0, 0.1) is 12.7 Å². The molecule has 3 rings (SSSR count). The van der Waals surface area contributed by atoms with Crippen molar-refractivity contribution >= 4 is 5.91 Å². The second kappa shape index (κ2) is 6.50. The van der Waals surface area contributed by atoms with Crippen LogP contribution in [0.5, 0.6) is 0 Å². The molecule has 1 saturated heterocycles. The molecule has 0 radical (unpaired) electrons. The van der Waals surface area contributed by atoms with Gasteiger partial charge in [0.05, 0.1) is 6.10 Å². The lowest BCUT2D eigenvalue weighted by atomic mass is 10.0. The maximum atomic E-state index is 13.1. The Morgan fingerprint density at radius 3 is 2.57 bits per heavy atom. The molecule has 0 atom stereocenters. The van der Waals surface area contributed by atoms with Crippen LogP contribution < -0.4 is 0 Å². The molecule has 5 nitrogen and oxygen atoms in total. The van der Waals surface area contributed by atoms with Crippen molar-refractivity contribution in [3.8, 4) is 11.3 Å². The number of rotatable bonds is 3. The first-order chi connectivity index (χ1) is 11.1. The molecule has 0 spiro atoms. The molecule has 122 valence electrons. The predicted octanol–water partition coefficient (Wildman–Crippen LogP) is 3.04. The average molecular weight is 318 g/mol. The number of benzene rings is 1. The summed E-state index contributed by atoms with van der Waals surface area (Å²) < 4.78 is 23.6. The van der Waals surface area contributed by atoms with Crippen LogP contribution in [-0.4, -0.2) is 42.3 Å². The Hall–Kier alpha value is -2.21. The number of likely N-dealkylation sites (tertiary alicyclic amines) is 1. The van der Waals surface area contributed by atoms with E-state index in [1.54, 1.807) is 31.1 Å². The highest BCUT2D eigenvalue weighted by Crippen LogP contribution is 2.27. The van der Waals surface area contributed by atoms with Crippen LogP contribution in [0.25, 0.3) is 11.3 Å². The Labute approximate surface area is 134 Å². The third-order valence-electron chi connectivity index (χ3n) is 4.26. The first kappa shape index (κ1) is 15.7. The molecule has 1 fully saturated rings. The van der Waals surface area contributed by atoms with Gasteiger partial charge < -0.3 is 14.2 Å². The topological polar surface area (TPSA) is 55.6 Å². The zero-order chi connectivity index (χ0) is 16.4. The van der Waals surface area contributed by atoms with E-state index in [9.17, 15) is 9.18 Å². The number of nitrogens with zero attached hydrogens (tertiary/aromatic N) is 2. The number of ether oxygens (including phenoxy) is 1. The summed E-state index contributed by atoms with van der Waals surface area (Å²) in [7, 11) is 1.69. The number of carbonyl (C=O) groups excluding carboxylic acids is 1. The fraction of sp³-hybridized carbons (Fsp3) is 0.412. The second-order valence-electron chi connectivity index (χ2n) is 5.70. The van der Waals surface area contributed by atoms with Crippen LogP contribution in [0.2, 0.25) is 0 Å². The van der Waals surface area contributed by atoms with Gasteiger partial charge in [-0.05, 0) is 44.0 Å². The van der Waals surface area contributed by atoms with E-state index in [4.69, 9.17) is 9.26 Å². The summed E-state index contributed by atoms with van der Waals surface area (Å²) in [5, 5.41) is 3.99. The minimum atomic E-state index is -0.330. The third-order valence-corrected chi connectivity index (χ3v) is 4.26. The fourth-order valence-electron chi connectivity index (χ4n) is 2.88. The molecule has 6 heteroatoms. The second-order valence-corrected chi connectivity index (χ2v) is 5.70. The average Bonchev–Trinajstić information content (AvgIpc) is 2.96. The highest BCUT2D eigenvalue weighted by Gasteiger charge is 2.29. The summed E-state index contributed by atoms with van der Waals surface area (Å²) in [4.78, 5) is 14.6. The lowest BCUT2D eigenvalue weighted by Crippen LogP contribution is -2.40. The zero-order valence-corrected chi connectivity index (χ0v) is 13.2. The molecule has 1 amide bonds. The zero-order valence-electron chi connectivity index (χ0n) is 13.2. The van der Waals surface area contributed by atoms with Crippen molar-refractivity contribution in [1.82, 2.24) is 10.1 Å². The number of carbonyl (C=O) groups is 1. The van der Waals surface area contributed by atoms with Gasteiger partial charge in [-0.15, -0.1) is 0 Å². The largest absolute Gasteiger partial charge is 0.381 e. The molecule has 0 unspecified atom stereocenters. The molecule has 2 heterocycles. The van der Waals surface area contributed by atoms with E-state index < -0.39 is 0 Å². The van der Waals surface area contributed by atoms with Crippen molar-refractivity contribution in [3.05, 3.63) is 41.4 Å². The van der Waals surface area contributed by atoms with Crippen LogP contribution in [0.4, 0.5) is 4.39 Å². The van der Waals surface area contributed by atoms with E-state index in [-0.39, 0.29) is 17.8 Å². The molecular formula is C17H19FN2O3. The lowest BCUT2D eigenvalue weighted by Gasteiger charge is -2.31. The van der Waals surface area contributed by atoms with Crippen LogP contribution >= 0.6 is 0 Å². The Bertz CT molecular complexity index is 688. The van der Waals surface area contributed by atoms with Crippen molar-refractivity contribution in [3.63, 3.8) is 0 Å². The van der Waals surface area contributed by atoms with Crippen molar-refractivity contribution < 1.29 is 18.4 Å². The summed E-state index contributed by atoms with van der Waals surface area (Å²) in [6.45, 7) is 3.00. The lowest BCUT2D eigenvalue weighted by molar-refractivity contribution is 0.0350. The van der Waals surface area contributed by atoms with Gasteiger partial charge in [-0.2, -0.15) is 0 Å². The van der Waals surface area contributed by atoms with E-state index in [1.165, 1.54) is 12.1 Å². The van der Waals surface area contributed by atoms with Gasteiger partial charge in [0, 0.05) is 25.8 Å². The normalized spacial score (nSPS) is 15.9. The number of hydrogen-bond acceptors (Lipinski definition) is 4. The van der Waals surface area contributed by atoms with Crippen LogP contribution in [0.3, 0.4) is 0 Å². The summed E-state index contributed by atoms with van der Waals surface area (Å²) >= 11 is 0. The van der Waals surface area contributed by atoms with Crippen molar-refractivity contribution in [2.45, 2.75) is 25.9 Å². The summed E-state index contributed by atoms with van der Waals surface area (Å²) in [6, 6.07) is 5.89. The highest BCUT2D eigenvalue weighted by molar-refractivity contribution is 6.00. The quantitative estimate of drug-likeness (QED) is 0.873. The van der Waals surface area contributed by atoms with Gasteiger partial charge in [-0.1, -0.05) is 5.16 Å². The number of aromatic nitrogens is 1. The predicted molar refractivity (Wildman–Crippen MR) is 82.6 cm³/mol. The maximum Gasteiger partial charge on any atom is 0.259 e. The Morgan fingerprint density at radius 2 is 1.96 bits per heavy atom. The molecule has 2 aromatic rings. The number of hydrogen-bond donors (Lipinski definition) is 0. The third kappa shape index (κ3) is 3.12. The van der Waals surface area contributed by atoms with Crippen molar-refractivity contribution in [2.24, 2.45) is 0 Å². The van der Waals surface area contributed by atoms with Crippen LogP contribution in [0.15, 0.2) is 28.8 Å². The van der Waals surface area contributed by atoms with E-state index in [0.29, 0.717) is 35.7 Å². The Morgan fingerprint density at radius 1 is 1.30 bits per heavy atom. The molecule has 1 aliphatic heterocycles. The summed E-state index contributed by atoms with van der Waals surface area (Å²) in [5.74, 6) is 0.0456. The van der Waals surface area contributed by atoms with Gasteiger partial charge in [0.2, 0.25) is 0 Å². The SMILES string of the molecule is COC1CCN(C(=O)c2c(-c3ccc(F)cc3)noc2C)CC1. The van der Waals surface area contributed by atoms with E-state index in [0.717, 1.165) is 12.8 Å². The minimum absolute atomic E-state index is 0.0994. The molecule has 0 bridgehead atoms. The number of piperidine rings is 1. The molecule has 0 N–H and O–H groups in total. The molecule has 23 heavy (non-hydrogen) atoms. The summed E-state index contributed by atoms with van der Waals surface area (Å²) in [6.07, 6.45) is 1.84. The first-order valence-electron chi connectivity index (χ1n) is 7.64. The van der Waals surface area contributed by atoms with Gasteiger partial charge in [-0.25, -0.2) is 4.39 Å². The van der Waals surface area contributed by atoms with E-state index in [2.05, 4.69) is 5.16 Å². The van der Waals surface area contributed by atoms with Crippen LogP contribution in [-0.2, 0) is 4.74 Å². The molecule has 1 aliphatic rings. The number of methoxy groups -OCH3 is 1. The smallest absolute Gasteiger partial charge is 0.259 e. The van der Waals surface area contributed by atoms with E-state index in [1.807, 2.05) is 0 Å². The highest BCUT2D eigenvalue weighted by atomic mass is 19.1. The maximum absolute atomic E-state index is 13.1. The molecule has 1 aromatic carbocycles. The molecule has 0 aliphatic carbocycles. The molecular weight excluding hydrogens is 299 g/mol.